The molecule has 2 aromatic rings. The fourth-order valence-electron chi connectivity index (χ4n) is 2.99. The lowest BCUT2D eigenvalue weighted by Crippen LogP contribution is -2.39. The molecule has 4 nitrogen and oxygen atoms in total. The van der Waals surface area contributed by atoms with Crippen LogP contribution in [-0.4, -0.2) is 35.6 Å². The van der Waals surface area contributed by atoms with Crippen LogP contribution in [0.1, 0.15) is 37.1 Å². The van der Waals surface area contributed by atoms with E-state index >= 15 is 0 Å². The second-order valence-corrected chi connectivity index (χ2v) is 8.79. The molecule has 2 rings (SSSR count). The predicted octanol–water partition coefficient (Wildman–Crippen LogP) is 5.18. The van der Waals surface area contributed by atoms with E-state index in [1.165, 1.54) is 16.7 Å². The molecule has 2 aromatic carbocycles. The van der Waals surface area contributed by atoms with Gasteiger partial charge in [-0.1, -0.05) is 54.9 Å². The van der Waals surface area contributed by atoms with Crippen molar-refractivity contribution < 1.29 is 9.59 Å². The number of carbonyl (C=O) groups is 2. The first-order valence-electron chi connectivity index (χ1n) is 9.36. The summed E-state index contributed by atoms with van der Waals surface area (Å²) in [6.07, 6.45) is 0.832. The normalized spacial score (nSPS) is 12.9. The van der Waals surface area contributed by atoms with Gasteiger partial charge < -0.3 is 10.2 Å². The lowest BCUT2D eigenvalue weighted by atomic mass is 10.1. The fraction of sp³-hybridized carbons (Fsp3) is 0.364. The smallest absolute Gasteiger partial charge is 0.243 e. The lowest BCUT2D eigenvalue weighted by molar-refractivity contribution is -0.132. The first-order valence-corrected chi connectivity index (χ1v) is 10.7. The van der Waals surface area contributed by atoms with Gasteiger partial charge in [0, 0.05) is 23.0 Å². The second kappa shape index (κ2) is 10.5. The van der Waals surface area contributed by atoms with Crippen LogP contribution in [0.3, 0.4) is 0 Å². The molecule has 28 heavy (non-hydrogen) atoms. The SMILES string of the molecule is CCc1ccccc1NC(=O)CN(C)C(=O)C(C)SC(C)c1ccccc1Cl. The number of para-hydroxylation sites is 1. The van der Waals surface area contributed by atoms with Crippen LogP contribution in [0.25, 0.3) is 0 Å². The summed E-state index contributed by atoms with van der Waals surface area (Å²) in [6.45, 7) is 5.95. The Kier molecular flexibility index (Phi) is 8.39. The number of nitrogens with zero attached hydrogens (tertiary/aromatic N) is 1. The molecule has 0 spiro atoms. The van der Waals surface area contributed by atoms with Crippen LogP contribution in [0.15, 0.2) is 48.5 Å². The Hall–Kier alpha value is -1.98. The highest BCUT2D eigenvalue weighted by molar-refractivity contribution is 8.00. The molecular weight excluding hydrogens is 392 g/mol. The third-order valence-electron chi connectivity index (χ3n) is 4.53. The zero-order valence-corrected chi connectivity index (χ0v) is 18.3. The Balaban J connectivity index is 1.92. The van der Waals surface area contributed by atoms with Crippen molar-refractivity contribution in [3.63, 3.8) is 0 Å². The molecule has 2 atom stereocenters. The van der Waals surface area contributed by atoms with Crippen LogP contribution in [0.4, 0.5) is 5.69 Å². The van der Waals surface area contributed by atoms with Gasteiger partial charge in [-0.3, -0.25) is 9.59 Å². The number of benzene rings is 2. The molecule has 2 unspecified atom stereocenters. The summed E-state index contributed by atoms with van der Waals surface area (Å²) in [4.78, 5) is 26.5. The first kappa shape index (κ1) is 22.3. The molecular formula is C22H27ClN2O2S. The highest BCUT2D eigenvalue weighted by Crippen LogP contribution is 2.35. The molecule has 0 fully saturated rings. The average molecular weight is 419 g/mol. The van der Waals surface area contributed by atoms with Crippen LogP contribution in [0, 0.1) is 0 Å². The van der Waals surface area contributed by atoms with Gasteiger partial charge in [0.25, 0.3) is 0 Å². The Morgan fingerprint density at radius 1 is 1.11 bits per heavy atom. The molecule has 0 aliphatic heterocycles. The van der Waals surface area contributed by atoms with Crippen LogP contribution >= 0.6 is 23.4 Å². The Morgan fingerprint density at radius 3 is 2.43 bits per heavy atom. The van der Waals surface area contributed by atoms with Gasteiger partial charge >= 0.3 is 0 Å². The number of nitrogens with one attached hydrogen (secondary N) is 1. The van der Waals surface area contributed by atoms with Crippen molar-refractivity contribution in [1.82, 2.24) is 4.90 Å². The predicted molar refractivity (Wildman–Crippen MR) is 119 cm³/mol. The minimum Gasteiger partial charge on any atom is -0.335 e. The summed E-state index contributed by atoms with van der Waals surface area (Å²) in [7, 11) is 1.66. The minimum absolute atomic E-state index is 0.0161. The van der Waals surface area contributed by atoms with Gasteiger partial charge in [0.05, 0.1) is 11.8 Å². The van der Waals surface area contributed by atoms with Gasteiger partial charge in [-0.05, 0) is 43.5 Å². The van der Waals surface area contributed by atoms with Crippen LogP contribution < -0.4 is 5.32 Å². The van der Waals surface area contributed by atoms with Crippen LogP contribution in [-0.2, 0) is 16.0 Å². The largest absolute Gasteiger partial charge is 0.335 e. The Morgan fingerprint density at radius 2 is 1.75 bits per heavy atom. The summed E-state index contributed by atoms with van der Waals surface area (Å²) in [5, 5.41) is 3.39. The molecule has 0 radical (unpaired) electrons. The van der Waals surface area contributed by atoms with Gasteiger partial charge in [0.1, 0.15) is 0 Å². The van der Waals surface area contributed by atoms with E-state index in [9.17, 15) is 9.59 Å². The monoisotopic (exact) mass is 418 g/mol. The zero-order chi connectivity index (χ0) is 20.7. The summed E-state index contributed by atoms with van der Waals surface area (Å²) < 4.78 is 0. The lowest BCUT2D eigenvalue weighted by Gasteiger charge is -2.23. The molecule has 2 amide bonds. The molecule has 0 saturated heterocycles. The molecule has 0 heterocycles. The van der Waals surface area contributed by atoms with E-state index in [1.54, 1.807) is 7.05 Å². The summed E-state index contributed by atoms with van der Waals surface area (Å²) in [5.74, 6) is -0.282. The number of anilines is 1. The summed E-state index contributed by atoms with van der Waals surface area (Å²) in [6, 6.07) is 15.4. The van der Waals surface area contributed by atoms with Gasteiger partial charge in [-0.2, -0.15) is 0 Å². The van der Waals surface area contributed by atoms with Crippen molar-refractivity contribution in [2.24, 2.45) is 0 Å². The first-order chi connectivity index (χ1) is 13.3. The molecule has 6 heteroatoms. The van der Waals surface area contributed by atoms with E-state index in [0.717, 1.165) is 23.2 Å². The topological polar surface area (TPSA) is 49.4 Å². The second-order valence-electron chi connectivity index (χ2n) is 6.70. The van der Waals surface area contributed by atoms with Crippen molar-refractivity contribution in [1.29, 1.82) is 0 Å². The number of rotatable bonds is 8. The van der Waals surface area contributed by atoms with Crippen molar-refractivity contribution in [3.8, 4) is 0 Å². The highest BCUT2D eigenvalue weighted by atomic mass is 35.5. The maximum Gasteiger partial charge on any atom is 0.243 e. The van der Waals surface area contributed by atoms with E-state index in [1.807, 2.05) is 69.3 Å². The quantitative estimate of drug-likeness (QED) is 0.642. The Labute approximate surface area is 176 Å². The van der Waals surface area contributed by atoms with Crippen molar-refractivity contribution in [2.45, 2.75) is 37.7 Å². The third-order valence-corrected chi connectivity index (χ3v) is 6.14. The van der Waals surface area contributed by atoms with Crippen LogP contribution in [0.5, 0.6) is 0 Å². The maximum atomic E-state index is 12.7. The van der Waals surface area contributed by atoms with Crippen molar-refractivity contribution in [3.05, 3.63) is 64.7 Å². The van der Waals surface area contributed by atoms with Crippen molar-refractivity contribution in [2.75, 3.05) is 18.9 Å². The molecule has 150 valence electrons. The molecule has 0 aliphatic rings. The number of aryl methyl sites for hydroxylation is 1. The van der Waals surface area contributed by atoms with Gasteiger partial charge in [0.2, 0.25) is 11.8 Å². The number of likely N-dealkylation sites (N-methyl/N-ethyl adjacent to an activating group) is 1. The Bertz CT molecular complexity index is 828. The van der Waals surface area contributed by atoms with Gasteiger partial charge in [-0.15, -0.1) is 11.8 Å². The van der Waals surface area contributed by atoms with E-state index in [4.69, 9.17) is 11.6 Å². The molecule has 0 aliphatic carbocycles. The van der Waals surface area contributed by atoms with Gasteiger partial charge in [0.15, 0.2) is 0 Å². The van der Waals surface area contributed by atoms with Gasteiger partial charge in [-0.25, -0.2) is 0 Å². The number of halogens is 1. The van der Waals surface area contributed by atoms with E-state index in [-0.39, 0.29) is 28.9 Å². The maximum absolute atomic E-state index is 12.7. The number of hydrogen-bond acceptors (Lipinski definition) is 3. The molecule has 0 aromatic heterocycles. The average Bonchev–Trinajstić information content (AvgIpc) is 2.67. The molecule has 1 N–H and O–H groups in total. The number of amides is 2. The highest BCUT2D eigenvalue weighted by Gasteiger charge is 2.23. The standard InChI is InChI=1S/C22H27ClN2O2S/c1-5-17-10-6-9-13-20(17)24-21(26)14-25(4)22(27)16(3)28-15(2)18-11-7-8-12-19(18)23/h6-13,15-16H,5,14H2,1-4H3,(H,24,26). The summed E-state index contributed by atoms with van der Waals surface area (Å²) in [5.41, 5.74) is 2.87. The van der Waals surface area contributed by atoms with E-state index in [2.05, 4.69) is 5.32 Å². The number of thioether (sulfide) groups is 1. The molecule has 0 saturated carbocycles. The zero-order valence-electron chi connectivity index (χ0n) is 16.7. The van der Waals surface area contributed by atoms with E-state index < -0.39 is 0 Å². The molecule has 0 bridgehead atoms. The number of hydrogen-bond donors (Lipinski definition) is 1. The number of carbonyl (C=O) groups excluding carboxylic acids is 2. The van der Waals surface area contributed by atoms with Crippen molar-refractivity contribution >= 4 is 40.9 Å². The van der Waals surface area contributed by atoms with Crippen LogP contribution in [0.2, 0.25) is 5.02 Å². The summed E-state index contributed by atoms with van der Waals surface area (Å²) >= 11 is 7.79. The minimum atomic E-state index is -0.285. The fourth-order valence-corrected chi connectivity index (χ4v) is 4.61. The third kappa shape index (κ3) is 6.01. The van der Waals surface area contributed by atoms with E-state index in [0.29, 0.717) is 5.02 Å².